The van der Waals surface area contributed by atoms with Crippen LogP contribution in [0.25, 0.3) is 0 Å². The fourth-order valence-electron chi connectivity index (χ4n) is 6.31. The lowest BCUT2D eigenvalue weighted by atomic mass is 9.62. The minimum Gasteiger partial charge on any atom is -0.481 e. The van der Waals surface area contributed by atoms with Crippen LogP contribution in [0.3, 0.4) is 0 Å². The van der Waals surface area contributed by atoms with Gasteiger partial charge in [0.2, 0.25) is 0 Å². The Morgan fingerprint density at radius 1 is 1.09 bits per heavy atom. The summed E-state index contributed by atoms with van der Waals surface area (Å²) in [5.41, 5.74) is 1.43. The Labute approximate surface area is 208 Å². The van der Waals surface area contributed by atoms with Crippen molar-refractivity contribution in [1.82, 2.24) is 5.32 Å². The van der Waals surface area contributed by atoms with Crippen LogP contribution in [0, 0.1) is 35.5 Å². The molecule has 1 heterocycles. The summed E-state index contributed by atoms with van der Waals surface area (Å²) >= 11 is 0. The van der Waals surface area contributed by atoms with Crippen molar-refractivity contribution < 1.29 is 29.3 Å². The molecule has 7 atom stereocenters. The van der Waals surface area contributed by atoms with E-state index in [1.54, 1.807) is 12.1 Å². The normalized spacial score (nSPS) is 34.6. The molecule has 1 saturated heterocycles. The van der Waals surface area contributed by atoms with Crippen molar-refractivity contribution in [1.29, 1.82) is 0 Å². The standard InChI is InChI=1S/C28H41NO6/c1-16-4-10-24(25-15-34-17(2)5-11-23(16)25)18(3)28(33)35-14-19-6-8-20(9-7-19)26(30)29-22-12-21(13-22)27(31)32/h6-9,16-18,21-25,28,33H,4-5,10-15H2,1-3H3,(H,29,30)(H,31,32)/t16-,17?,18-,21?,22?,23+,24+,25?,28-/m1/s1. The number of aliphatic hydroxyl groups is 1. The molecule has 2 unspecified atom stereocenters. The number of aliphatic hydroxyl groups excluding tert-OH is 1. The summed E-state index contributed by atoms with van der Waals surface area (Å²) in [6.07, 6.45) is 5.03. The number of nitrogens with one attached hydrogen (secondary N) is 1. The minimum absolute atomic E-state index is 0.0224. The SMILES string of the molecule is CC1CC[C@@H]2C(CO1)[C@H]([C@@H](C)[C@H](O)OCc1ccc(C(=O)NC3CC(C(=O)O)C3)cc1)CC[C@H]2C. The van der Waals surface area contributed by atoms with Gasteiger partial charge in [-0.15, -0.1) is 0 Å². The van der Waals surface area contributed by atoms with Crippen LogP contribution in [-0.2, 0) is 20.9 Å². The minimum atomic E-state index is -0.849. The highest BCUT2D eigenvalue weighted by atomic mass is 16.6. The number of carboxylic acid groups (broad SMARTS) is 1. The van der Waals surface area contributed by atoms with Gasteiger partial charge in [-0.05, 0) is 80.4 Å². The highest BCUT2D eigenvalue weighted by molar-refractivity contribution is 5.94. The summed E-state index contributed by atoms with van der Waals surface area (Å²) < 4.78 is 12.0. The van der Waals surface area contributed by atoms with Gasteiger partial charge in [0.25, 0.3) is 5.91 Å². The fraction of sp³-hybridized carbons (Fsp3) is 0.714. The first-order valence-electron chi connectivity index (χ1n) is 13.3. The molecule has 7 heteroatoms. The Kier molecular flexibility index (Phi) is 8.50. The molecule has 1 amide bonds. The zero-order valence-corrected chi connectivity index (χ0v) is 21.2. The third kappa shape index (κ3) is 6.25. The molecule has 1 aromatic rings. The molecule has 3 fully saturated rings. The number of carbonyl (C=O) groups is 2. The lowest BCUT2D eigenvalue weighted by molar-refractivity contribution is -0.164. The molecule has 2 saturated carbocycles. The van der Waals surface area contributed by atoms with E-state index in [4.69, 9.17) is 14.6 Å². The number of benzene rings is 1. The molecule has 3 aliphatic rings. The van der Waals surface area contributed by atoms with Gasteiger partial charge in [0.1, 0.15) is 0 Å². The molecule has 2 aliphatic carbocycles. The van der Waals surface area contributed by atoms with Gasteiger partial charge in [0.05, 0.1) is 25.2 Å². The van der Waals surface area contributed by atoms with Crippen molar-refractivity contribution in [2.24, 2.45) is 35.5 Å². The third-order valence-electron chi connectivity index (χ3n) is 8.85. The lowest BCUT2D eigenvalue weighted by Gasteiger charge is -2.44. The number of hydrogen-bond donors (Lipinski definition) is 3. The molecule has 7 nitrogen and oxygen atoms in total. The van der Waals surface area contributed by atoms with Crippen LogP contribution in [0.1, 0.15) is 75.2 Å². The number of rotatable bonds is 8. The summed E-state index contributed by atoms with van der Waals surface area (Å²) in [5.74, 6) is 0.888. The van der Waals surface area contributed by atoms with Crippen LogP contribution >= 0.6 is 0 Å². The quantitative estimate of drug-likeness (QED) is 0.474. The van der Waals surface area contributed by atoms with Crippen molar-refractivity contribution >= 4 is 11.9 Å². The van der Waals surface area contributed by atoms with E-state index in [-0.39, 0.29) is 30.4 Å². The number of hydrogen-bond acceptors (Lipinski definition) is 5. The van der Waals surface area contributed by atoms with Gasteiger partial charge >= 0.3 is 5.97 Å². The number of aliphatic carboxylic acids is 1. The van der Waals surface area contributed by atoms with Crippen molar-refractivity contribution in [3.63, 3.8) is 0 Å². The van der Waals surface area contributed by atoms with Crippen molar-refractivity contribution in [2.75, 3.05) is 6.61 Å². The average molecular weight is 488 g/mol. The Balaban J connectivity index is 1.26. The second-order valence-electron chi connectivity index (χ2n) is 11.2. The molecule has 35 heavy (non-hydrogen) atoms. The van der Waals surface area contributed by atoms with Gasteiger partial charge in [0, 0.05) is 17.5 Å². The van der Waals surface area contributed by atoms with Crippen LogP contribution in [0.2, 0.25) is 0 Å². The molecular weight excluding hydrogens is 446 g/mol. The summed E-state index contributed by atoms with van der Waals surface area (Å²) in [6.45, 7) is 7.68. The summed E-state index contributed by atoms with van der Waals surface area (Å²) in [4.78, 5) is 23.3. The van der Waals surface area contributed by atoms with Crippen molar-refractivity contribution in [3.8, 4) is 0 Å². The molecule has 4 rings (SSSR count). The molecule has 194 valence electrons. The van der Waals surface area contributed by atoms with Gasteiger partial charge in [-0.2, -0.15) is 0 Å². The van der Waals surface area contributed by atoms with E-state index in [9.17, 15) is 14.7 Å². The van der Waals surface area contributed by atoms with E-state index >= 15 is 0 Å². The van der Waals surface area contributed by atoms with Crippen molar-refractivity contribution in [3.05, 3.63) is 35.4 Å². The van der Waals surface area contributed by atoms with Crippen LogP contribution in [0.5, 0.6) is 0 Å². The number of carboxylic acids is 1. The predicted molar refractivity (Wildman–Crippen MR) is 132 cm³/mol. The second-order valence-corrected chi connectivity index (χ2v) is 11.2. The van der Waals surface area contributed by atoms with Gasteiger partial charge in [-0.3, -0.25) is 9.59 Å². The van der Waals surface area contributed by atoms with Gasteiger partial charge in [-0.25, -0.2) is 0 Å². The van der Waals surface area contributed by atoms with E-state index in [1.807, 2.05) is 12.1 Å². The number of amides is 1. The highest BCUT2D eigenvalue weighted by Gasteiger charge is 2.43. The van der Waals surface area contributed by atoms with Crippen LogP contribution in [0.15, 0.2) is 24.3 Å². The fourth-order valence-corrected chi connectivity index (χ4v) is 6.31. The molecule has 1 aliphatic heterocycles. The summed E-state index contributed by atoms with van der Waals surface area (Å²) in [7, 11) is 0. The monoisotopic (exact) mass is 487 g/mol. The Bertz CT molecular complexity index is 867. The Morgan fingerprint density at radius 2 is 1.80 bits per heavy atom. The third-order valence-corrected chi connectivity index (χ3v) is 8.85. The molecule has 3 N–H and O–H groups in total. The first kappa shape index (κ1) is 26.1. The summed E-state index contributed by atoms with van der Waals surface area (Å²) in [6, 6.07) is 7.09. The van der Waals surface area contributed by atoms with E-state index in [1.165, 1.54) is 12.8 Å². The number of ether oxygens (including phenoxy) is 2. The highest BCUT2D eigenvalue weighted by Crippen LogP contribution is 2.46. The molecule has 0 spiro atoms. The van der Waals surface area contributed by atoms with Gasteiger partial charge < -0.3 is 25.0 Å². The van der Waals surface area contributed by atoms with Crippen LogP contribution in [-0.4, -0.2) is 47.1 Å². The molecule has 0 aromatic heterocycles. The largest absolute Gasteiger partial charge is 0.481 e. The van der Waals surface area contributed by atoms with Gasteiger partial charge in [-0.1, -0.05) is 32.4 Å². The van der Waals surface area contributed by atoms with Crippen LogP contribution in [0.4, 0.5) is 0 Å². The first-order chi connectivity index (χ1) is 16.7. The predicted octanol–water partition coefficient (Wildman–Crippen LogP) is 4.23. The number of carbonyl (C=O) groups excluding carboxylic acids is 1. The van der Waals surface area contributed by atoms with Crippen LogP contribution < -0.4 is 5.32 Å². The van der Waals surface area contributed by atoms with E-state index in [0.29, 0.717) is 48.2 Å². The molecule has 0 bridgehead atoms. The van der Waals surface area contributed by atoms with E-state index in [0.717, 1.165) is 25.0 Å². The maximum Gasteiger partial charge on any atom is 0.306 e. The molecule has 1 aromatic carbocycles. The second kappa shape index (κ2) is 11.4. The smallest absolute Gasteiger partial charge is 0.306 e. The Morgan fingerprint density at radius 3 is 2.49 bits per heavy atom. The Hall–Kier alpha value is -1.96. The maximum absolute atomic E-state index is 12.4. The zero-order chi connectivity index (χ0) is 25.1. The van der Waals surface area contributed by atoms with E-state index in [2.05, 4.69) is 26.1 Å². The van der Waals surface area contributed by atoms with Crippen molar-refractivity contribution in [2.45, 2.75) is 84.3 Å². The zero-order valence-electron chi connectivity index (χ0n) is 21.2. The molecular formula is C28H41NO6. The maximum atomic E-state index is 12.4. The average Bonchev–Trinajstić information content (AvgIpc) is 3.01. The van der Waals surface area contributed by atoms with Gasteiger partial charge in [0.15, 0.2) is 6.29 Å². The topological polar surface area (TPSA) is 105 Å². The summed E-state index contributed by atoms with van der Waals surface area (Å²) in [5, 5.41) is 22.7. The first-order valence-corrected chi connectivity index (χ1v) is 13.3. The lowest BCUT2D eigenvalue weighted by Crippen LogP contribution is -2.46. The molecule has 0 radical (unpaired) electrons. The van der Waals surface area contributed by atoms with E-state index < -0.39 is 12.3 Å². The number of fused-ring (bicyclic) bond motifs is 1.